The van der Waals surface area contributed by atoms with Crippen LogP contribution in [-0.4, -0.2) is 4.98 Å². The van der Waals surface area contributed by atoms with Gasteiger partial charge in [-0.05, 0) is 24.6 Å². The molecule has 4 nitrogen and oxygen atoms in total. The Morgan fingerprint density at radius 3 is 2.50 bits per heavy atom. The van der Waals surface area contributed by atoms with E-state index in [1.165, 1.54) is 0 Å². The maximum absolute atomic E-state index is 13.5. The number of aromatic nitrogens is 1. The lowest BCUT2D eigenvalue weighted by atomic mass is 10.2. The van der Waals surface area contributed by atoms with Crippen LogP contribution in [0.2, 0.25) is 0 Å². The van der Waals surface area contributed by atoms with Crippen LogP contribution in [0.4, 0.5) is 26.1 Å². The van der Waals surface area contributed by atoms with Gasteiger partial charge < -0.3 is 10.7 Å². The summed E-state index contributed by atoms with van der Waals surface area (Å²) in [6.45, 7) is 1.91. The molecule has 0 bridgehead atoms. The average molecular weight is 250 g/mol. The smallest absolute Gasteiger partial charge is 0.178 e. The van der Waals surface area contributed by atoms with Gasteiger partial charge >= 0.3 is 0 Å². The minimum absolute atomic E-state index is 0.0880. The molecule has 0 fully saturated rings. The molecule has 0 saturated carbocycles. The molecule has 2 rings (SSSR count). The summed E-state index contributed by atoms with van der Waals surface area (Å²) < 4.78 is 26.7. The average Bonchev–Trinajstić information content (AvgIpc) is 2.33. The monoisotopic (exact) mass is 250 g/mol. The molecule has 0 unspecified atom stereocenters. The van der Waals surface area contributed by atoms with Gasteiger partial charge in [0.05, 0.1) is 0 Å². The van der Waals surface area contributed by atoms with E-state index in [1.807, 2.05) is 25.1 Å². The first-order chi connectivity index (χ1) is 8.60. The Labute approximate surface area is 103 Å². The lowest BCUT2D eigenvalue weighted by molar-refractivity contribution is 0.579. The quantitative estimate of drug-likeness (QED) is 0.579. The third-order valence-electron chi connectivity index (χ3n) is 2.35. The number of nitrogen functional groups attached to an aromatic ring is 1. The SMILES string of the molecule is Cc1cccc(Nc2nc(NN)c(F)cc2F)c1. The van der Waals surface area contributed by atoms with E-state index >= 15 is 0 Å². The van der Waals surface area contributed by atoms with Crippen molar-refractivity contribution in [2.75, 3.05) is 10.7 Å². The second-order valence-corrected chi connectivity index (χ2v) is 3.79. The van der Waals surface area contributed by atoms with Crippen LogP contribution in [0, 0.1) is 18.6 Å². The summed E-state index contributed by atoms with van der Waals surface area (Å²) in [7, 11) is 0. The molecular weight excluding hydrogens is 238 g/mol. The van der Waals surface area contributed by atoms with E-state index in [2.05, 4.69) is 15.7 Å². The summed E-state index contributed by atoms with van der Waals surface area (Å²) in [6, 6.07) is 8.03. The second-order valence-electron chi connectivity index (χ2n) is 3.79. The molecule has 0 aliphatic rings. The van der Waals surface area contributed by atoms with Crippen LogP contribution < -0.4 is 16.6 Å². The molecule has 0 aliphatic carbocycles. The Kier molecular flexibility index (Phi) is 3.38. The van der Waals surface area contributed by atoms with Crippen molar-refractivity contribution in [3.05, 3.63) is 47.5 Å². The zero-order valence-electron chi connectivity index (χ0n) is 9.67. The topological polar surface area (TPSA) is 63.0 Å². The number of nitrogens with one attached hydrogen (secondary N) is 2. The second kappa shape index (κ2) is 4.97. The van der Waals surface area contributed by atoms with Crippen molar-refractivity contribution in [3.8, 4) is 0 Å². The number of nitrogens with two attached hydrogens (primary N) is 1. The highest BCUT2D eigenvalue weighted by atomic mass is 19.1. The molecule has 0 saturated heterocycles. The molecular formula is C12H12F2N4. The number of hydrazine groups is 1. The summed E-state index contributed by atoms with van der Waals surface area (Å²) in [5, 5.41) is 2.77. The largest absolute Gasteiger partial charge is 0.338 e. The number of benzene rings is 1. The summed E-state index contributed by atoms with van der Waals surface area (Å²) in [5.41, 5.74) is 3.74. The lowest BCUT2D eigenvalue weighted by Crippen LogP contribution is -2.12. The van der Waals surface area contributed by atoms with Crippen molar-refractivity contribution < 1.29 is 8.78 Å². The Morgan fingerprint density at radius 1 is 1.11 bits per heavy atom. The molecule has 0 aliphatic heterocycles. The van der Waals surface area contributed by atoms with Crippen molar-refractivity contribution in [3.63, 3.8) is 0 Å². The fourth-order valence-electron chi connectivity index (χ4n) is 1.52. The number of aryl methyl sites for hydroxylation is 1. The number of hydrogen-bond acceptors (Lipinski definition) is 4. The van der Waals surface area contributed by atoms with E-state index in [-0.39, 0.29) is 11.6 Å². The molecule has 18 heavy (non-hydrogen) atoms. The zero-order valence-corrected chi connectivity index (χ0v) is 9.67. The van der Waals surface area contributed by atoms with Crippen molar-refractivity contribution in [1.82, 2.24) is 4.98 Å². The van der Waals surface area contributed by atoms with E-state index in [9.17, 15) is 8.78 Å². The highest BCUT2D eigenvalue weighted by Gasteiger charge is 2.11. The number of pyridine rings is 1. The van der Waals surface area contributed by atoms with Gasteiger partial charge in [0.1, 0.15) is 0 Å². The first-order valence-electron chi connectivity index (χ1n) is 5.26. The van der Waals surface area contributed by atoms with Crippen LogP contribution >= 0.6 is 0 Å². The van der Waals surface area contributed by atoms with Crippen LogP contribution in [0.25, 0.3) is 0 Å². The van der Waals surface area contributed by atoms with E-state index < -0.39 is 11.6 Å². The van der Waals surface area contributed by atoms with Crippen LogP contribution in [0.15, 0.2) is 30.3 Å². The molecule has 1 heterocycles. The third kappa shape index (κ3) is 2.54. The number of anilines is 3. The third-order valence-corrected chi connectivity index (χ3v) is 2.35. The van der Waals surface area contributed by atoms with Gasteiger partial charge in [-0.1, -0.05) is 12.1 Å². The molecule has 0 atom stereocenters. The molecule has 0 amide bonds. The zero-order chi connectivity index (χ0) is 13.1. The predicted molar refractivity (Wildman–Crippen MR) is 66.4 cm³/mol. The standard InChI is InChI=1S/C12H12F2N4/c1-7-3-2-4-8(5-7)16-11-9(13)6-10(14)12(17-11)18-15/h2-6H,15H2,1H3,(H2,16,17,18). The van der Waals surface area contributed by atoms with Gasteiger partial charge in [-0.25, -0.2) is 19.6 Å². The first kappa shape index (κ1) is 12.3. The van der Waals surface area contributed by atoms with Gasteiger partial charge in [0.15, 0.2) is 23.3 Å². The van der Waals surface area contributed by atoms with Crippen molar-refractivity contribution >= 4 is 17.3 Å². The molecule has 1 aromatic heterocycles. The van der Waals surface area contributed by atoms with Gasteiger partial charge in [0.25, 0.3) is 0 Å². The van der Waals surface area contributed by atoms with Crippen LogP contribution in [0.5, 0.6) is 0 Å². The fraction of sp³-hybridized carbons (Fsp3) is 0.0833. The van der Waals surface area contributed by atoms with Gasteiger partial charge in [-0.2, -0.15) is 0 Å². The number of nitrogens with zero attached hydrogens (tertiary/aromatic N) is 1. The van der Waals surface area contributed by atoms with Crippen molar-refractivity contribution in [1.29, 1.82) is 0 Å². The highest BCUT2D eigenvalue weighted by Crippen LogP contribution is 2.22. The number of rotatable bonds is 3. The van der Waals surface area contributed by atoms with Crippen LogP contribution in [0.3, 0.4) is 0 Å². The Bertz CT molecular complexity index is 572. The maximum atomic E-state index is 13.5. The number of halogens is 2. The van der Waals surface area contributed by atoms with E-state index in [4.69, 9.17) is 5.84 Å². The van der Waals surface area contributed by atoms with Crippen LogP contribution in [0.1, 0.15) is 5.56 Å². The molecule has 94 valence electrons. The van der Waals surface area contributed by atoms with Gasteiger partial charge in [0.2, 0.25) is 0 Å². The van der Waals surface area contributed by atoms with E-state index in [1.54, 1.807) is 6.07 Å². The molecule has 2 aromatic rings. The number of hydrogen-bond donors (Lipinski definition) is 3. The van der Waals surface area contributed by atoms with Gasteiger partial charge in [-0.15, -0.1) is 0 Å². The van der Waals surface area contributed by atoms with Gasteiger partial charge in [0, 0.05) is 11.8 Å². The van der Waals surface area contributed by atoms with E-state index in [0.29, 0.717) is 5.69 Å². The maximum Gasteiger partial charge on any atom is 0.178 e. The first-order valence-corrected chi connectivity index (χ1v) is 5.26. The van der Waals surface area contributed by atoms with Crippen molar-refractivity contribution in [2.24, 2.45) is 5.84 Å². The lowest BCUT2D eigenvalue weighted by Gasteiger charge is -2.09. The van der Waals surface area contributed by atoms with Crippen molar-refractivity contribution in [2.45, 2.75) is 6.92 Å². The molecule has 6 heteroatoms. The summed E-state index contributed by atoms with van der Waals surface area (Å²) in [6.07, 6.45) is 0. The summed E-state index contributed by atoms with van der Waals surface area (Å²) in [5.74, 6) is 3.15. The minimum atomic E-state index is -0.843. The fourth-order valence-corrected chi connectivity index (χ4v) is 1.52. The Hall–Kier alpha value is -2.21. The Balaban J connectivity index is 2.34. The Morgan fingerprint density at radius 2 is 1.83 bits per heavy atom. The van der Waals surface area contributed by atoms with Gasteiger partial charge in [-0.3, -0.25) is 0 Å². The summed E-state index contributed by atoms with van der Waals surface area (Å²) >= 11 is 0. The highest BCUT2D eigenvalue weighted by molar-refractivity contribution is 5.59. The normalized spacial score (nSPS) is 10.2. The minimum Gasteiger partial charge on any atom is -0.338 e. The molecule has 0 radical (unpaired) electrons. The predicted octanol–water partition coefficient (Wildman–Crippen LogP) is 2.70. The van der Waals surface area contributed by atoms with E-state index in [0.717, 1.165) is 11.6 Å². The summed E-state index contributed by atoms with van der Waals surface area (Å²) in [4.78, 5) is 3.72. The van der Waals surface area contributed by atoms with Crippen LogP contribution in [-0.2, 0) is 0 Å². The molecule has 1 aromatic carbocycles. The molecule has 0 spiro atoms. The molecule has 4 N–H and O–H groups in total.